The van der Waals surface area contributed by atoms with E-state index in [-0.39, 0.29) is 17.7 Å². The molecule has 1 aliphatic carbocycles. The molecule has 0 bridgehead atoms. The van der Waals surface area contributed by atoms with Crippen molar-refractivity contribution in [3.63, 3.8) is 0 Å². The Balaban J connectivity index is 1.36. The second-order valence-electron chi connectivity index (χ2n) is 8.90. The fourth-order valence-corrected chi connectivity index (χ4v) is 3.98. The molecule has 3 aromatic rings. The van der Waals surface area contributed by atoms with Gasteiger partial charge in [0.15, 0.2) is 0 Å². The SMILES string of the molecule is Cc1cc(F)c(C(=O)NC2CC2)cc1-n1cc(-c2cncc(OC3CCN(C)CC3)n2)cn1. The van der Waals surface area contributed by atoms with Crippen LogP contribution in [0.2, 0.25) is 0 Å². The van der Waals surface area contributed by atoms with Crippen LogP contribution in [-0.4, -0.2) is 62.8 Å². The molecule has 0 radical (unpaired) electrons. The summed E-state index contributed by atoms with van der Waals surface area (Å²) in [6, 6.07) is 3.07. The quantitative estimate of drug-likeness (QED) is 0.621. The number of amides is 1. The molecule has 172 valence electrons. The van der Waals surface area contributed by atoms with Crippen LogP contribution in [0.25, 0.3) is 16.9 Å². The van der Waals surface area contributed by atoms with Crippen LogP contribution in [0.5, 0.6) is 5.88 Å². The molecule has 1 amide bonds. The fourth-order valence-electron chi connectivity index (χ4n) is 3.98. The van der Waals surface area contributed by atoms with Crippen LogP contribution in [0.3, 0.4) is 0 Å². The van der Waals surface area contributed by atoms with Crippen LogP contribution >= 0.6 is 0 Å². The van der Waals surface area contributed by atoms with E-state index in [1.54, 1.807) is 42.5 Å². The first-order valence-corrected chi connectivity index (χ1v) is 11.3. The molecular formula is C24H27FN6O2. The molecule has 1 aromatic carbocycles. The Morgan fingerprint density at radius 3 is 2.70 bits per heavy atom. The number of carbonyl (C=O) groups excluding carboxylic acids is 1. The summed E-state index contributed by atoms with van der Waals surface area (Å²) in [4.78, 5) is 23.6. The Kier molecular flexibility index (Phi) is 5.80. The third-order valence-corrected chi connectivity index (χ3v) is 6.13. The Hall–Kier alpha value is -3.33. The molecule has 9 heteroatoms. The molecule has 2 aromatic heterocycles. The van der Waals surface area contributed by atoms with Crippen LogP contribution in [0.15, 0.2) is 36.9 Å². The number of halogens is 1. The van der Waals surface area contributed by atoms with Crippen molar-refractivity contribution in [2.45, 2.75) is 44.8 Å². The molecule has 5 rings (SSSR count). The third-order valence-electron chi connectivity index (χ3n) is 6.13. The number of hydrogen-bond donors (Lipinski definition) is 1. The Labute approximate surface area is 191 Å². The number of nitrogens with zero attached hydrogens (tertiary/aromatic N) is 5. The number of likely N-dealkylation sites (tertiary alicyclic amines) is 1. The van der Waals surface area contributed by atoms with Crippen LogP contribution < -0.4 is 10.1 Å². The molecule has 8 nitrogen and oxygen atoms in total. The minimum Gasteiger partial charge on any atom is -0.473 e. The lowest BCUT2D eigenvalue weighted by molar-refractivity contribution is 0.0947. The topological polar surface area (TPSA) is 85.2 Å². The van der Waals surface area contributed by atoms with Crippen molar-refractivity contribution < 1.29 is 13.9 Å². The highest BCUT2D eigenvalue weighted by atomic mass is 19.1. The van der Waals surface area contributed by atoms with Gasteiger partial charge in [0.2, 0.25) is 5.88 Å². The highest BCUT2D eigenvalue weighted by molar-refractivity contribution is 5.95. The van der Waals surface area contributed by atoms with E-state index in [9.17, 15) is 9.18 Å². The summed E-state index contributed by atoms with van der Waals surface area (Å²) in [7, 11) is 2.11. The smallest absolute Gasteiger partial charge is 0.254 e. The fraction of sp³-hybridized carbons (Fsp3) is 0.417. The van der Waals surface area contributed by atoms with Gasteiger partial charge in [-0.05, 0) is 57.4 Å². The second kappa shape index (κ2) is 8.90. The standard InChI is InChI=1S/C24H27FN6O2/c1-15-9-20(25)19(24(32)28-17-3-4-17)10-22(15)31-14-16(11-27-31)21-12-26-13-23(29-21)33-18-5-7-30(2)8-6-18/h9-14,17-18H,3-8H2,1-2H3,(H,28,32). The molecule has 0 unspecified atom stereocenters. The summed E-state index contributed by atoms with van der Waals surface area (Å²) in [5, 5.41) is 7.27. The number of carbonyl (C=O) groups is 1. The van der Waals surface area contributed by atoms with Gasteiger partial charge in [0.05, 0.1) is 35.5 Å². The van der Waals surface area contributed by atoms with Gasteiger partial charge in [0.25, 0.3) is 5.91 Å². The zero-order chi connectivity index (χ0) is 22.9. The van der Waals surface area contributed by atoms with E-state index < -0.39 is 11.7 Å². The molecule has 0 spiro atoms. The minimum absolute atomic E-state index is 0.0212. The number of piperidine rings is 1. The van der Waals surface area contributed by atoms with Crippen molar-refractivity contribution >= 4 is 5.91 Å². The van der Waals surface area contributed by atoms with E-state index in [0.29, 0.717) is 22.8 Å². The first-order valence-electron chi connectivity index (χ1n) is 11.3. The Bertz CT molecular complexity index is 1170. The summed E-state index contributed by atoms with van der Waals surface area (Å²) in [6.45, 7) is 3.79. The van der Waals surface area contributed by atoms with Crippen molar-refractivity contribution in [3.8, 4) is 22.8 Å². The van der Waals surface area contributed by atoms with Crippen molar-refractivity contribution in [1.82, 2.24) is 30.0 Å². The predicted octanol–water partition coefficient (Wildman–Crippen LogP) is 3.14. The third kappa shape index (κ3) is 4.88. The summed E-state index contributed by atoms with van der Waals surface area (Å²) >= 11 is 0. The van der Waals surface area contributed by atoms with Gasteiger partial charge in [-0.2, -0.15) is 5.10 Å². The number of nitrogens with one attached hydrogen (secondary N) is 1. The minimum atomic E-state index is -0.536. The van der Waals surface area contributed by atoms with Gasteiger partial charge in [0, 0.05) is 30.9 Å². The van der Waals surface area contributed by atoms with E-state index >= 15 is 0 Å². The van der Waals surface area contributed by atoms with E-state index in [0.717, 1.165) is 44.3 Å². The van der Waals surface area contributed by atoms with Gasteiger partial charge < -0.3 is 15.0 Å². The van der Waals surface area contributed by atoms with Crippen LogP contribution in [-0.2, 0) is 0 Å². The van der Waals surface area contributed by atoms with Crippen molar-refractivity contribution in [2.24, 2.45) is 0 Å². The highest BCUT2D eigenvalue weighted by Crippen LogP contribution is 2.25. The second-order valence-corrected chi connectivity index (χ2v) is 8.90. The molecule has 1 N–H and O–H groups in total. The largest absolute Gasteiger partial charge is 0.473 e. The van der Waals surface area contributed by atoms with E-state index in [2.05, 4.69) is 32.3 Å². The number of rotatable bonds is 6. The number of aryl methyl sites for hydroxylation is 1. The van der Waals surface area contributed by atoms with E-state index in [4.69, 9.17) is 4.74 Å². The van der Waals surface area contributed by atoms with Gasteiger partial charge in [0.1, 0.15) is 11.9 Å². The average molecular weight is 451 g/mol. The number of hydrogen-bond acceptors (Lipinski definition) is 6. The Morgan fingerprint density at radius 2 is 1.94 bits per heavy atom. The maximum absolute atomic E-state index is 14.5. The zero-order valence-electron chi connectivity index (χ0n) is 18.8. The molecule has 0 atom stereocenters. The van der Waals surface area contributed by atoms with Crippen molar-refractivity contribution in [1.29, 1.82) is 0 Å². The van der Waals surface area contributed by atoms with Crippen molar-refractivity contribution in [2.75, 3.05) is 20.1 Å². The lowest BCUT2D eigenvalue weighted by Crippen LogP contribution is -2.35. The first kappa shape index (κ1) is 21.5. The molecule has 2 fully saturated rings. The van der Waals surface area contributed by atoms with Crippen LogP contribution in [0, 0.1) is 12.7 Å². The lowest BCUT2D eigenvalue weighted by Gasteiger charge is -2.28. The molecule has 1 saturated heterocycles. The van der Waals surface area contributed by atoms with E-state index in [1.165, 1.54) is 6.07 Å². The Morgan fingerprint density at radius 1 is 1.15 bits per heavy atom. The van der Waals surface area contributed by atoms with Gasteiger partial charge in [-0.3, -0.25) is 9.78 Å². The highest BCUT2D eigenvalue weighted by Gasteiger charge is 2.26. The van der Waals surface area contributed by atoms with Crippen LogP contribution in [0.1, 0.15) is 41.6 Å². The molecule has 33 heavy (non-hydrogen) atoms. The molecule has 1 saturated carbocycles. The average Bonchev–Trinajstić information content (AvgIpc) is 3.47. The van der Waals surface area contributed by atoms with Crippen molar-refractivity contribution in [3.05, 3.63) is 53.9 Å². The molecule has 2 aliphatic rings. The van der Waals surface area contributed by atoms with Gasteiger partial charge in [-0.15, -0.1) is 0 Å². The zero-order valence-corrected chi connectivity index (χ0v) is 18.8. The number of ether oxygens (including phenoxy) is 1. The normalized spacial score (nSPS) is 17.2. The van der Waals surface area contributed by atoms with Gasteiger partial charge >= 0.3 is 0 Å². The lowest BCUT2D eigenvalue weighted by atomic mass is 10.1. The summed E-state index contributed by atoms with van der Waals surface area (Å²) < 4.78 is 22.2. The summed E-state index contributed by atoms with van der Waals surface area (Å²) in [6.07, 6.45) is 10.7. The molecule has 3 heterocycles. The van der Waals surface area contributed by atoms with Gasteiger partial charge in [-0.1, -0.05) is 0 Å². The van der Waals surface area contributed by atoms with E-state index in [1.807, 2.05) is 0 Å². The molecule has 1 aliphatic heterocycles. The predicted molar refractivity (Wildman–Crippen MR) is 121 cm³/mol. The maximum Gasteiger partial charge on any atom is 0.254 e. The number of aromatic nitrogens is 4. The summed E-state index contributed by atoms with van der Waals surface area (Å²) in [5.41, 5.74) is 2.72. The number of benzene rings is 1. The maximum atomic E-state index is 14.5. The first-order chi connectivity index (χ1) is 16.0. The van der Waals surface area contributed by atoms with Gasteiger partial charge in [-0.25, -0.2) is 14.1 Å². The molecular weight excluding hydrogens is 423 g/mol. The summed E-state index contributed by atoms with van der Waals surface area (Å²) in [5.74, 6) is -0.438. The monoisotopic (exact) mass is 450 g/mol. The van der Waals surface area contributed by atoms with Crippen LogP contribution in [0.4, 0.5) is 4.39 Å².